The minimum Gasteiger partial charge on any atom is -0.255 e. The smallest absolute Gasteiger partial charge is 0.124 e. The van der Waals surface area contributed by atoms with Crippen LogP contribution in [0.2, 0.25) is 0 Å². The molecule has 3 aromatic carbocycles. The zero-order valence-electron chi connectivity index (χ0n) is 14.1. The molecule has 0 fully saturated rings. The van der Waals surface area contributed by atoms with Gasteiger partial charge < -0.3 is 0 Å². The summed E-state index contributed by atoms with van der Waals surface area (Å²) in [5.74, 6) is -0.290. The van der Waals surface area contributed by atoms with E-state index in [0.29, 0.717) is 0 Å². The van der Waals surface area contributed by atoms with Crippen LogP contribution in [0.5, 0.6) is 0 Å². The van der Waals surface area contributed by atoms with E-state index in [1.807, 2.05) is 65.5 Å². The van der Waals surface area contributed by atoms with Gasteiger partial charge in [-0.3, -0.25) is 4.98 Å². The van der Waals surface area contributed by atoms with Crippen LogP contribution in [0.4, 0.5) is 4.39 Å². The van der Waals surface area contributed by atoms with Crippen LogP contribution in [0.15, 0.2) is 83.5 Å². The predicted octanol–water partition coefficient (Wildman–Crippen LogP) is 6.14. The van der Waals surface area contributed by atoms with Crippen LogP contribution >= 0.6 is 15.9 Å². The first-order valence-electron chi connectivity index (χ1n) is 8.49. The number of hydrogen-bond donors (Lipinski definition) is 0. The molecular formula is C22H13BrFN3. The van der Waals surface area contributed by atoms with Gasteiger partial charge in [0.2, 0.25) is 0 Å². The highest BCUT2D eigenvalue weighted by atomic mass is 79.9. The Labute approximate surface area is 163 Å². The summed E-state index contributed by atoms with van der Waals surface area (Å²) in [7, 11) is 0. The van der Waals surface area contributed by atoms with Crippen LogP contribution < -0.4 is 0 Å². The summed E-state index contributed by atoms with van der Waals surface area (Å²) >= 11 is 3.47. The molecule has 0 saturated heterocycles. The number of nitrogens with zero attached hydrogens (tertiary/aromatic N) is 3. The van der Waals surface area contributed by atoms with Gasteiger partial charge in [-0.25, -0.2) is 9.07 Å². The van der Waals surface area contributed by atoms with E-state index in [4.69, 9.17) is 5.10 Å². The van der Waals surface area contributed by atoms with Gasteiger partial charge in [-0.15, -0.1) is 0 Å². The van der Waals surface area contributed by atoms with Crippen LogP contribution in [-0.2, 0) is 0 Å². The van der Waals surface area contributed by atoms with Gasteiger partial charge >= 0.3 is 0 Å². The van der Waals surface area contributed by atoms with Crippen molar-refractivity contribution in [2.75, 3.05) is 0 Å². The minimum atomic E-state index is -0.290. The molecular weight excluding hydrogens is 405 g/mol. The van der Waals surface area contributed by atoms with E-state index >= 15 is 0 Å². The SMILES string of the molecule is Fc1ccc2ncc3c(-c4ccccc4)nn(-c4ccc(Br)cc4)c3c2c1. The number of rotatable bonds is 2. The maximum Gasteiger partial charge on any atom is 0.124 e. The molecule has 5 heteroatoms. The predicted molar refractivity (Wildman–Crippen MR) is 109 cm³/mol. The van der Waals surface area contributed by atoms with Gasteiger partial charge in [0.1, 0.15) is 11.5 Å². The third-order valence-corrected chi connectivity index (χ3v) is 5.12. The number of fused-ring (bicyclic) bond motifs is 3. The molecule has 0 unspecified atom stereocenters. The molecule has 0 spiro atoms. The summed E-state index contributed by atoms with van der Waals surface area (Å²) in [4.78, 5) is 4.53. The fourth-order valence-electron chi connectivity index (χ4n) is 3.33. The molecule has 27 heavy (non-hydrogen) atoms. The van der Waals surface area contributed by atoms with Gasteiger partial charge in [0.05, 0.1) is 16.7 Å². The average molecular weight is 418 g/mol. The molecule has 0 atom stereocenters. The fraction of sp³-hybridized carbons (Fsp3) is 0. The van der Waals surface area contributed by atoms with Gasteiger partial charge in [-0.05, 0) is 42.5 Å². The summed E-state index contributed by atoms with van der Waals surface area (Å²) in [5.41, 5.74) is 4.31. The van der Waals surface area contributed by atoms with Gasteiger partial charge in [0, 0.05) is 27.0 Å². The molecule has 0 amide bonds. The summed E-state index contributed by atoms with van der Waals surface area (Å²) in [6.45, 7) is 0. The van der Waals surface area contributed by atoms with E-state index in [1.165, 1.54) is 12.1 Å². The largest absolute Gasteiger partial charge is 0.255 e. The van der Waals surface area contributed by atoms with Crippen molar-refractivity contribution < 1.29 is 4.39 Å². The summed E-state index contributed by atoms with van der Waals surface area (Å²) < 4.78 is 16.9. The first-order valence-corrected chi connectivity index (χ1v) is 9.28. The highest BCUT2D eigenvalue weighted by Gasteiger charge is 2.17. The third kappa shape index (κ3) is 2.71. The lowest BCUT2D eigenvalue weighted by molar-refractivity contribution is 0.629. The maximum atomic E-state index is 14.0. The molecule has 130 valence electrons. The molecule has 0 saturated carbocycles. The lowest BCUT2D eigenvalue weighted by Crippen LogP contribution is -1.97. The molecule has 0 aliphatic heterocycles. The number of aromatic nitrogens is 3. The topological polar surface area (TPSA) is 30.7 Å². The Bertz CT molecular complexity index is 1280. The zero-order valence-corrected chi connectivity index (χ0v) is 15.7. The van der Waals surface area contributed by atoms with Gasteiger partial charge in [-0.1, -0.05) is 46.3 Å². The van der Waals surface area contributed by atoms with Crippen molar-refractivity contribution in [1.29, 1.82) is 0 Å². The van der Waals surface area contributed by atoms with E-state index < -0.39 is 0 Å². The second-order valence-corrected chi connectivity index (χ2v) is 7.20. The molecule has 0 bridgehead atoms. The monoisotopic (exact) mass is 417 g/mol. The van der Waals surface area contributed by atoms with Gasteiger partial charge in [0.25, 0.3) is 0 Å². The summed E-state index contributed by atoms with van der Waals surface area (Å²) in [6.07, 6.45) is 1.82. The Hall–Kier alpha value is -3.05. The van der Waals surface area contributed by atoms with E-state index in [0.717, 1.165) is 43.2 Å². The van der Waals surface area contributed by atoms with Crippen LogP contribution in [0.25, 0.3) is 38.8 Å². The zero-order chi connectivity index (χ0) is 18.4. The van der Waals surface area contributed by atoms with Crippen molar-refractivity contribution in [2.24, 2.45) is 0 Å². The van der Waals surface area contributed by atoms with Crippen LogP contribution in [0.3, 0.4) is 0 Å². The van der Waals surface area contributed by atoms with Gasteiger partial charge in [0.15, 0.2) is 0 Å². The normalized spacial score (nSPS) is 11.3. The number of halogens is 2. The number of benzene rings is 3. The van der Waals surface area contributed by atoms with Crippen LogP contribution in [0.1, 0.15) is 0 Å². The van der Waals surface area contributed by atoms with Crippen molar-refractivity contribution in [3.63, 3.8) is 0 Å². The second kappa shape index (κ2) is 6.28. The standard InChI is InChI=1S/C22H13BrFN3/c23-15-6-9-17(10-7-15)27-22-18-12-16(24)8-11-20(18)25-13-19(22)21(26-27)14-4-2-1-3-5-14/h1-13H. The number of pyridine rings is 1. The molecule has 5 rings (SSSR count). The van der Waals surface area contributed by atoms with Crippen molar-refractivity contribution >= 4 is 37.7 Å². The summed E-state index contributed by atoms with van der Waals surface area (Å²) in [5, 5.41) is 6.51. The first-order chi connectivity index (χ1) is 13.2. The molecule has 5 aromatic rings. The molecule has 2 heterocycles. The summed E-state index contributed by atoms with van der Waals surface area (Å²) in [6, 6.07) is 22.5. The Morgan fingerprint density at radius 1 is 0.852 bits per heavy atom. The quantitative estimate of drug-likeness (QED) is 0.345. The Kier molecular flexibility index (Phi) is 3.76. The van der Waals surface area contributed by atoms with Crippen molar-refractivity contribution in [3.8, 4) is 16.9 Å². The lowest BCUT2D eigenvalue weighted by Gasteiger charge is -2.06. The van der Waals surface area contributed by atoms with Crippen molar-refractivity contribution in [3.05, 3.63) is 89.3 Å². The Morgan fingerprint density at radius 3 is 2.41 bits per heavy atom. The van der Waals surface area contributed by atoms with E-state index in [-0.39, 0.29) is 5.82 Å². The second-order valence-electron chi connectivity index (χ2n) is 6.28. The molecule has 3 nitrogen and oxygen atoms in total. The van der Waals surface area contributed by atoms with Gasteiger partial charge in [-0.2, -0.15) is 5.10 Å². The van der Waals surface area contributed by atoms with Crippen LogP contribution in [-0.4, -0.2) is 14.8 Å². The Balaban J connectivity index is 1.92. The van der Waals surface area contributed by atoms with E-state index in [1.54, 1.807) is 6.07 Å². The maximum absolute atomic E-state index is 14.0. The van der Waals surface area contributed by atoms with E-state index in [2.05, 4.69) is 20.9 Å². The van der Waals surface area contributed by atoms with Crippen LogP contribution in [0, 0.1) is 5.82 Å². The minimum absolute atomic E-state index is 0.290. The lowest BCUT2D eigenvalue weighted by atomic mass is 10.1. The number of hydrogen-bond acceptors (Lipinski definition) is 2. The highest BCUT2D eigenvalue weighted by molar-refractivity contribution is 9.10. The molecule has 2 aromatic heterocycles. The fourth-order valence-corrected chi connectivity index (χ4v) is 3.60. The van der Waals surface area contributed by atoms with E-state index in [9.17, 15) is 4.39 Å². The molecule has 0 N–H and O–H groups in total. The molecule has 0 aliphatic carbocycles. The highest BCUT2D eigenvalue weighted by Crippen LogP contribution is 2.34. The van der Waals surface area contributed by atoms with Crippen molar-refractivity contribution in [2.45, 2.75) is 0 Å². The average Bonchev–Trinajstić information content (AvgIpc) is 3.09. The van der Waals surface area contributed by atoms with Crippen molar-refractivity contribution in [1.82, 2.24) is 14.8 Å². The molecule has 0 aliphatic rings. The first kappa shape index (κ1) is 16.1. The Morgan fingerprint density at radius 2 is 1.63 bits per heavy atom. The third-order valence-electron chi connectivity index (χ3n) is 4.59. The molecule has 0 radical (unpaired) electrons.